The van der Waals surface area contributed by atoms with E-state index in [2.05, 4.69) is 10.3 Å². The van der Waals surface area contributed by atoms with Crippen LogP contribution in [0, 0.1) is 0 Å². The number of nitrogens with two attached hydrogens (primary N) is 1. The van der Waals surface area contributed by atoms with Gasteiger partial charge >= 0.3 is 6.18 Å². The number of carbonyl (C=O) groups excluding carboxylic acids is 2. The summed E-state index contributed by atoms with van der Waals surface area (Å²) in [6, 6.07) is 11.6. The van der Waals surface area contributed by atoms with Crippen molar-refractivity contribution in [1.29, 1.82) is 0 Å². The van der Waals surface area contributed by atoms with Gasteiger partial charge in [0.05, 0.1) is 17.9 Å². The summed E-state index contributed by atoms with van der Waals surface area (Å²) in [6.07, 6.45) is -3.44. The molecule has 0 spiro atoms. The third kappa shape index (κ3) is 5.54. The predicted molar refractivity (Wildman–Crippen MR) is 110 cm³/mol. The fraction of sp³-hybridized carbons (Fsp3) is 0.136. The van der Waals surface area contributed by atoms with E-state index in [0.717, 1.165) is 24.3 Å². The predicted octanol–water partition coefficient (Wildman–Crippen LogP) is 4.64. The van der Waals surface area contributed by atoms with Gasteiger partial charge in [-0.3, -0.25) is 14.6 Å². The second kappa shape index (κ2) is 9.38. The molecule has 3 rings (SSSR count). The van der Waals surface area contributed by atoms with Gasteiger partial charge in [-0.05, 0) is 61.5 Å². The lowest BCUT2D eigenvalue weighted by molar-refractivity contribution is -0.137. The van der Waals surface area contributed by atoms with E-state index >= 15 is 0 Å². The summed E-state index contributed by atoms with van der Waals surface area (Å²) in [5.41, 5.74) is 3.80. The molecule has 0 saturated carbocycles. The van der Waals surface area contributed by atoms with Gasteiger partial charge in [0.1, 0.15) is 17.2 Å². The molecule has 10 heteroatoms. The first-order chi connectivity index (χ1) is 15.2. The van der Waals surface area contributed by atoms with Crippen molar-refractivity contribution in [3.05, 3.63) is 77.6 Å². The van der Waals surface area contributed by atoms with Crippen molar-refractivity contribution in [3.63, 3.8) is 0 Å². The monoisotopic (exact) mass is 445 g/mol. The molecule has 1 heterocycles. The zero-order valence-corrected chi connectivity index (χ0v) is 16.8. The van der Waals surface area contributed by atoms with E-state index in [0.29, 0.717) is 18.1 Å². The zero-order chi connectivity index (χ0) is 23.3. The first-order valence-corrected chi connectivity index (χ1v) is 9.36. The van der Waals surface area contributed by atoms with Gasteiger partial charge in [-0.15, -0.1) is 0 Å². The molecule has 2 amide bonds. The number of alkyl halides is 3. The first-order valence-electron chi connectivity index (χ1n) is 9.36. The van der Waals surface area contributed by atoms with Gasteiger partial charge in [-0.25, -0.2) is 0 Å². The Balaban J connectivity index is 1.92. The Morgan fingerprint density at radius 2 is 1.72 bits per heavy atom. The van der Waals surface area contributed by atoms with Crippen LogP contribution in [0.3, 0.4) is 0 Å². The van der Waals surface area contributed by atoms with Gasteiger partial charge < -0.3 is 20.5 Å². The van der Waals surface area contributed by atoms with Crippen LogP contribution in [-0.4, -0.2) is 23.4 Å². The summed E-state index contributed by atoms with van der Waals surface area (Å²) in [6.45, 7) is 2.30. The van der Waals surface area contributed by atoms with E-state index < -0.39 is 23.6 Å². The summed E-state index contributed by atoms with van der Waals surface area (Å²) in [5, 5.41) is 2.39. The van der Waals surface area contributed by atoms with Crippen LogP contribution in [0.15, 0.2) is 60.8 Å². The number of primary amides is 1. The van der Waals surface area contributed by atoms with E-state index in [-0.39, 0.29) is 22.7 Å². The molecule has 0 saturated heterocycles. The highest BCUT2D eigenvalue weighted by atomic mass is 19.4. The third-order valence-corrected chi connectivity index (χ3v) is 4.19. The van der Waals surface area contributed by atoms with Crippen molar-refractivity contribution in [2.75, 3.05) is 11.9 Å². The van der Waals surface area contributed by atoms with E-state index in [4.69, 9.17) is 15.2 Å². The fourth-order valence-corrected chi connectivity index (χ4v) is 2.69. The number of benzene rings is 2. The summed E-state index contributed by atoms with van der Waals surface area (Å²) in [7, 11) is 0. The van der Waals surface area contributed by atoms with Crippen LogP contribution in [-0.2, 0) is 6.18 Å². The van der Waals surface area contributed by atoms with Crippen molar-refractivity contribution in [2.24, 2.45) is 5.73 Å². The SMILES string of the molecule is CCOc1ccc(Oc2ccc(C(F)(F)F)cc2NC(=O)c2ccnc(C(N)=O)c2)cc1. The molecule has 3 aromatic rings. The normalized spacial score (nSPS) is 11.0. The van der Waals surface area contributed by atoms with E-state index in [1.54, 1.807) is 24.3 Å². The molecule has 32 heavy (non-hydrogen) atoms. The molecule has 3 N–H and O–H groups in total. The van der Waals surface area contributed by atoms with Crippen molar-refractivity contribution in [3.8, 4) is 17.2 Å². The summed E-state index contributed by atoms with van der Waals surface area (Å²) < 4.78 is 50.7. The average molecular weight is 445 g/mol. The van der Waals surface area contributed by atoms with E-state index in [1.165, 1.54) is 12.3 Å². The fourth-order valence-electron chi connectivity index (χ4n) is 2.69. The van der Waals surface area contributed by atoms with Crippen LogP contribution in [0.25, 0.3) is 0 Å². The Morgan fingerprint density at radius 3 is 2.34 bits per heavy atom. The van der Waals surface area contributed by atoms with E-state index in [1.807, 2.05) is 6.92 Å². The molecule has 0 radical (unpaired) electrons. The molecule has 1 aromatic heterocycles. The molecular formula is C22H18F3N3O4. The number of nitrogens with zero attached hydrogens (tertiary/aromatic N) is 1. The van der Waals surface area contributed by atoms with Gasteiger partial charge in [0.2, 0.25) is 0 Å². The molecule has 0 aliphatic rings. The minimum Gasteiger partial charge on any atom is -0.494 e. The first kappa shape index (κ1) is 22.6. The van der Waals surface area contributed by atoms with Crippen molar-refractivity contribution in [2.45, 2.75) is 13.1 Å². The molecule has 0 unspecified atom stereocenters. The molecule has 0 aliphatic carbocycles. The Labute approximate surface area is 181 Å². The Hall–Kier alpha value is -4.08. The van der Waals surface area contributed by atoms with Crippen LogP contribution in [0.4, 0.5) is 18.9 Å². The van der Waals surface area contributed by atoms with Crippen LogP contribution in [0.2, 0.25) is 0 Å². The van der Waals surface area contributed by atoms with Crippen molar-refractivity contribution < 1.29 is 32.2 Å². The lowest BCUT2D eigenvalue weighted by atomic mass is 10.1. The van der Waals surface area contributed by atoms with Gasteiger partial charge in [0, 0.05) is 11.8 Å². The highest BCUT2D eigenvalue weighted by Gasteiger charge is 2.31. The van der Waals surface area contributed by atoms with Crippen LogP contribution in [0.5, 0.6) is 17.2 Å². The topological polar surface area (TPSA) is 104 Å². The molecule has 7 nitrogen and oxygen atoms in total. The van der Waals surface area contributed by atoms with Gasteiger partial charge in [0.25, 0.3) is 11.8 Å². The van der Waals surface area contributed by atoms with E-state index in [9.17, 15) is 22.8 Å². The number of anilines is 1. The van der Waals surface area contributed by atoms with Crippen molar-refractivity contribution in [1.82, 2.24) is 4.98 Å². The number of ether oxygens (including phenoxy) is 2. The number of nitrogens with one attached hydrogen (secondary N) is 1. The summed E-state index contributed by atoms with van der Waals surface area (Å²) in [4.78, 5) is 27.6. The minimum absolute atomic E-state index is 0.0142. The third-order valence-electron chi connectivity index (χ3n) is 4.19. The maximum absolute atomic E-state index is 13.2. The molecular weight excluding hydrogens is 427 g/mol. The number of halogens is 3. The van der Waals surface area contributed by atoms with Crippen LogP contribution >= 0.6 is 0 Å². The minimum atomic E-state index is -4.63. The number of hydrogen-bond acceptors (Lipinski definition) is 5. The molecule has 2 aromatic carbocycles. The number of carbonyl (C=O) groups is 2. The average Bonchev–Trinajstić information content (AvgIpc) is 2.75. The lowest BCUT2D eigenvalue weighted by Crippen LogP contribution is -2.17. The Morgan fingerprint density at radius 1 is 1.03 bits per heavy atom. The number of pyridine rings is 1. The van der Waals surface area contributed by atoms with Gasteiger partial charge in [-0.1, -0.05) is 0 Å². The second-order valence-electron chi connectivity index (χ2n) is 6.46. The maximum atomic E-state index is 13.2. The molecule has 0 fully saturated rings. The van der Waals surface area contributed by atoms with Gasteiger partial charge in [0.15, 0.2) is 5.75 Å². The highest BCUT2D eigenvalue weighted by molar-refractivity contribution is 6.06. The Bertz CT molecular complexity index is 1130. The summed E-state index contributed by atoms with van der Waals surface area (Å²) in [5.74, 6) is -0.712. The van der Waals surface area contributed by atoms with Gasteiger partial charge in [-0.2, -0.15) is 13.2 Å². The van der Waals surface area contributed by atoms with Crippen molar-refractivity contribution >= 4 is 17.5 Å². The molecule has 0 aliphatic heterocycles. The summed E-state index contributed by atoms with van der Waals surface area (Å²) >= 11 is 0. The standard InChI is InChI=1S/C22H18F3N3O4/c1-2-31-15-4-6-16(7-5-15)32-19-8-3-14(22(23,24)25)12-17(19)28-21(30)13-9-10-27-18(11-13)20(26)29/h3-12H,2H2,1H3,(H2,26,29)(H,28,30). The largest absolute Gasteiger partial charge is 0.494 e. The number of amides is 2. The molecule has 0 bridgehead atoms. The molecule has 0 atom stereocenters. The van der Waals surface area contributed by atoms with Crippen LogP contribution < -0.4 is 20.5 Å². The lowest BCUT2D eigenvalue weighted by Gasteiger charge is -2.15. The zero-order valence-electron chi connectivity index (χ0n) is 16.8. The quantitative estimate of drug-likeness (QED) is 0.551. The smallest absolute Gasteiger partial charge is 0.416 e. The highest BCUT2D eigenvalue weighted by Crippen LogP contribution is 2.37. The number of rotatable bonds is 7. The molecule has 166 valence electrons. The number of hydrogen-bond donors (Lipinski definition) is 2. The maximum Gasteiger partial charge on any atom is 0.416 e. The Kier molecular flexibility index (Phi) is 6.62. The number of aromatic nitrogens is 1. The second-order valence-corrected chi connectivity index (χ2v) is 6.46. The van der Waals surface area contributed by atoms with Crippen LogP contribution in [0.1, 0.15) is 33.3 Å².